The monoisotopic (exact) mass is 212 g/mol. The number of sulfonamides is 1. The Morgan fingerprint density at radius 1 is 1.29 bits per heavy atom. The summed E-state index contributed by atoms with van der Waals surface area (Å²) in [5.41, 5.74) is 3.04. The van der Waals surface area contributed by atoms with Crippen molar-refractivity contribution in [1.29, 1.82) is 0 Å². The molecule has 0 spiro atoms. The molecule has 0 radical (unpaired) electrons. The molecule has 0 fully saturated rings. The van der Waals surface area contributed by atoms with Gasteiger partial charge in [0.05, 0.1) is 6.26 Å². The Hall–Kier alpha value is -1.07. The fourth-order valence-corrected chi connectivity index (χ4v) is 2.13. The first-order valence-electron chi connectivity index (χ1n) is 4.35. The standard InChI is InChI=1S/C9H12N2O2S/c1-14(12,13)11-9-3-2-7-5-10-6-8(7)4-9/h2-4,10-11H,5-6H2,1H3. The molecule has 1 aromatic carbocycles. The van der Waals surface area contributed by atoms with Gasteiger partial charge in [0.15, 0.2) is 0 Å². The van der Waals surface area contributed by atoms with E-state index in [1.807, 2.05) is 12.1 Å². The molecule has 2 N–H and O–H groups in total. The molecule has 4 nitrogen and oxygen atoms in total. The maximum absolute atomic E-state index is 11.0. The molecule has 1 aliphatic rings. The van der Waals surface area contributed by atoms with Gasteiger partial charge in [-0.25, -0.2) is 8.42 Å². The fraction of sp³-hybridized carbons (Fsp3) is 0.333. The molecule has 1 aliphatic heterocycles. The van der Waals surface area contributed by atoms with Crippen LogP contribution in [0.25, 0.3) is 0 Å². The third-order valence-corrected chi connectivity index (χ3v) is 2.75. The number of rotatable bonds is 2. The Morgan fingerprint density at radius 3 is 2.71 bits per heavy atom. The van der Waals surface area contributed by atoms with Crippen LogP contribution in [0.3, 0.4) is 0 Å². The smallest absolute Gasteiger partial charge is 0.229 e. The molecule has 2 rings (SSSR count). The first-order chi connectivity index (χ1) is 6.54. The molecule has 5 heteroatoms. The maximum atomic E-state index is 11.0. The third kappa shape index (κ3) is 2.05. The van der Waals surface area contributed by atoms with Crippen molar-refractivity contribution < 1.29 is 8.42 Å². The van der Waals surface area contributed by atoms with E-state index in [9.17, 15) is 8.42 Å². The van der Waals surface area contributed by atoms with Gasteiger partial charge in [-0.15, -0.1) is 0 Å². The second-order valence-electron chi connectivity index (χ2n) is 3.46. The summed E-state index contributed by atoms with van der Waals surface area (Å²) < 4.78 is 24.4. The number of hydrogen-bond acceptors (Lipinski definition) is 3. The average molecular weight is 212 g/mol. The van der Waals surface area contributed by atoms with Gasteiger partial charge >= 0.3 is 0 Å². The van der Waals surface area contributed by atoms with Gasteiger partial charge in [-0.1, -0.05) is 6.07 Å². The van der Waals surface area contributed by atoms with Crippen LogP contribution in [0.2, 0.25) is 0 Å². The number of hydrogen-bond donors (Lipinski definition) is 2. The van der Waals surface area contributed by atoms with Crippen LogP contribution in [0.4, 0.5) is 5.69 Å². The first-order valence-corrected chi connectivity index (χ1v) is 6.24. The first kappa shape index (κ1) is 9.48. The fourth-order valence-electron chi connectivity index (χ4n) is 1.57. The van der Waals surface area contributed by atoms with E-state index in [1.165, 1.54) is 11.1 Å². The molecule has 0 aliphatic carbocycles. The van der Waals surface area contributed by atoms with Crippen LogP contribution >= 0.6 is 0 Å². The van der Waals surface area contributed by atoms with E-state index in [4.69, 9.17) is 0 Å². The molecule has 0 saturated carbocycles. The summed E-state index contributed by atoms with van der Waals surface area (Å²) in [4.78, 5) is 0. The van der Waals surface area contributed by atoms with Crippen molar-refractivity contribution in [2.75, 3.05) is 11.0 Å². The van der Waals surface area contributed by atoms with Crippen molar-refractivity contribution in [3.63, 3.8) is 0 Å². The van der Waals surface area contributed by atoms with Gasteiger partial charge in [-0.05, 0) is 23.3 Å². The molecular weight excluding hydrogens is 200 g/mol. The molecule has 0 saturated heterocycles. The molecule has 0 amide bonds. The average Bonchev–Trinajstić information content (AvgIpc) is 2.47. The molecule has 0 atom stereocenters. The molecule has 1 heterocycles. The zero-order valence-electron chi connectivity index (χ0n) is 7.87. The molecular formula is C9H12N2O2S. The van der Waals surface area contributed by atoms with Crippen LogP contribution < -0.4 is 10.0 Å². The summed E-state index contributed by atoms with van der Waals surface area (Å²) in [6, 6.07) is 5.60. The van der Waals surface area contributed by atoms with E-state index in [2.05, 4.69) is 10.0 Å². The van der Waals surface area contributed by atoms with E-state index in [1.54, 1.807) is 6.07 Å². The highest BCUT2D eigenvalue weighted by molar-refractivity contribution is 7.92. The van der Waals surface area contributed by atoms with Gasteiger partial charge in [-0.3, -0.25) is 4.72 Å². The van der Waals surface area contributed by atoms with Crippen LogP contribution in [-0.4, -0.2) is 14.7 Å². The maximum Gasteiger partial charge on any atom is 0.229 e. The lowest BCUT2D eigenvalue weighted by atomic mass is 10.1. The Balaban J connectivity index is 2.29. The lowest BCUT2D eigenvalue weighted by Crippen LogP contribution is -2.09. The van der Waals surface area contributed by atoms with E-state index in [0.717, 1.165) is 19.3 Å². The van der Waals surface area contributed by atoms with E-state index in [-0.39, 0.29) is 0 Å². The highest BCUT2D eigenvalue weighted by Crippen LogP contribution is 2.20. The predicted molar refractivity (Wildman–Crippen MR) is 55.5 cm³/mol. The van der Waals surface area contributed by atoms with Gasteiger partial charge in [0.1, 0.15) is 0 Å². The van der Waals surface area contributed by atoms with Gasteiger partial charge < -0.3 is 5.32 Å². The largest absolute Gasteiger partial charge is 0.309 e. The molecule has 76 valence electrons. The quantitative estimate of drug-likeness (QED) is 0.757. The molecule has 1 aromatic rings. The highest BCUT2D eigenvalue weighted by atomic mass is 32.2. The van der Waals surface area contributed by atoms with E-state index < -0.39 is 10.0 Å². The number of nitrogens with one attached hydrogen (secondary N) is 2. The third-order valence-electron chi connectivity index (χ3n) is 2.14. The van der Waals surface area contributed by atoms with Crippen molar-refractivity contribution in [3.05, 3.63) is 29.3 Å². The Morgan fingerprint density at radius 2 is 2.00 bits per heavy atom. The summed E-state index contributed by atoms with van der Waals surface area (Å²) in [6.07, 6.45) is 1.15. The number of fused-ring (bicyclic) bond motifs is 1. The predicted octanol–water partition coefficient (Wildman–Crippen LogP) is 0.661. The molecule has 0 aromatic heterocycles. The van der Waals surface area contributed by atoms with Crippen molar-refractivity contribution >= 4 is 15.7 Å². The zero-order chi connectivity index (χ0) is 10.2. The van der Waals surface area contributed by atoms with Crippen molar-refractivity contribution in [2.24, 2.45) is 0 Å². The van der Waals surface area contributed by atoms with Crippen LogP contribution in [0.5, 0.6) is 0 Å². The van der Waals surface area contributed by atoms with Crippen LogP contribution in [0, 0.1) is 0 Å². The Bertz CT molecular complexity index is 454. The lowest BCUT2D eigenvalue weighted by Gasteiger charge is -2.05. The van der Waals surface area contributed by atoms with E-state index >= 15 is 0 Å². The Kier molecular flexibility index (Phi) is 2.20. The second-order valence-corrected chi connectivity index (χ2v) is 5.21. The van der Waals surface area contributed by atoms with Gasteiger partial charge in [-0.2, -0.15) is 0 Å². The van der Waals surface area contributed by atoms with Crippen LogP contribution in [0.15, 0.2) is 18.2 Å². The van der Waals surface area contributed by atoms with Crippen LogP contribution in [-0.2, 0) is 23.1 Å². The summed E-state index contributed by atoms with van der Waals surface area (Å²) in [5.74, 6) is 0. The van der Waals surface area contributed by atoms with E-state index in [0.29, 0.717) is 5.69 Å². The minimum absolute atomic E-state index is 0.634. The number of anilines is 1. The summed E-state index contributed by atoms with van der Waals surface area (Å²) >= 11 is 0. The summed E-state index contributed by atoms with van der Waals surface area (Å²) in [5, 5.41) is 3.20. The van der Waals surface area contributed by atoms with Gasteiger partial charge in [0.25, 0.3) is 0 Å². The highest BCUT2D eigenvalue weighted by Gasteiger charge is 2.11. The normalized spacial score (nSPS) is 15.2. The minimum Gasteiger partial charge on any atom is -0.309 e. The SMILES string of the molecule is CS(=O)(=O)Nc1ccc2c(c1)CNC2. The van der Waals surface area contributed by atoms with Crippen molar-refractivity contribution in [3.8, 4) is 0 Å². The molecule has 0 unspecified atom stereocenters. The van der Waals surface area contributed by atoms with Crippen LogP contribution in [0.1, 0.15) is 11.1 Å². The summed E-state index contributed by atoms with van der Waals surface area (Å²) in [7, 11) is -3.17. The van der Waals surface area contributed by atoms with Gasteiger partial charge in [0, 0.05) is 18.8 Å². The van der Waals surface area contributed by atoms with Gasteiger partial charge in [0.2, 0.25) is 10.0 Å². The number of benzene rings is 1. The van der Waals surface area contributed by atoms with Crippen molar-refractivity contribution in [2.45, 2.75) is 13.1 Å². The minimum atomic E-state index is -3.17. The summed E-state index contributed by atoms with van der Waals surface area (Å²) in [6.45, 7) is 1.68. The van der Waals surface area contributed by atoms with Crippen molar-refractivity contribution in [1.82, 2.24) is 5.32 Å². The second kappa shape index (κ2) is 3.25. The topological polar surface area (TPSA) is 58.2 Å². The zero-order valence-corrected chi connectivity index (χ0v) is 8.69. The molecule has 0 bridgehead atoms. The molecule has 14 heavy (non-hydrogen) atoms. The lowest BCUT2D eigenvalue weighted by molar-refractivity contribution is 0.607. The Labute approximate surface area is 83.4 Å².